The van der Waals surface area contributed by atoms with Gasteiger partial charge in [-0.1, -0.05) is 11.6 Å². The van der Waals surface area contributed by atoms with Gasteiger partial charge in [0.25, 0.3) is 0 Å². The van der Waals surface area contributed by atoms with Crippen molar-refractivity contribution >= 4 is 44.8 Å². The molecule has 0 aliphatic rings. The highest BCUT2D eigenvalue weighted by Crippen LogP contribution is 2.31. The summed E-state index contributed by atoms with van der Waals surface area (Å²) in [5.74, 6) is -0.272. The highest BCUT2D eigenvalue weighted by atomic mass is 79.9. The fourth-order valence-corrected chi connectivity index (χ4v) is 2.60. The molecule has 0 bridgehead atoms. The summed E-state index contributed by atoms with van der Waals surface area (Å²) in [6.45, 7) is 0.828. The Morgan fingerprint density at radius 2 is 2.50 bits per heavy atom. The van der Waals surface area contributed by atoms with E-state index in [0.29, 0.717) is 6.54 Å². The van der Waals surface area contributed by atoms with Crippen molar-refractivity contribution in [2.24, 2.45) is 0 Å². The Morgan fingerprint density at radius 1 is 1.79 bits per heavy atom. The quantitative estimate of drug-likeness (QED) is 0.868. The molecule has 0 spiro atoms. The zero-order valence-electron chi connectivity index (χ0n) is 7.47. The molecule has 0 aliphatic carbocycles. The van der Waals surface area contributed by atoms with Gasteiger partial charge in [-0.15, -0.1) is 11.3 Å². The van der Waals surface area contributed by atoms with Crippen LogP contribution in [0.3, 0.4) is 0 Å². The molecule has 0 saturated carbocycles. The Kier molecular flexibility index (Phi) is 4.88. The second-order valence-corrected chi connectivity index (χ2v) is 5.11. The lowest BCUT2D eigenvalue weighted by Crippen LogP contribution is -2.22. The third-order valence-electron chi connectivity index (χ3n) is 1.49. The number of esters is 1. The van der Waals surface area contributed by atoms with Crippen LogP contribution in [-0.4, -0.2) is 19.6 Å². The first-order valence-electron chi connectivity index (χ1n) is 3.84. The van der Waals surface area contributed by atoms with E-state index in [1.807, 2.05) is 6.07 Å². The van der Waals surface area contributed by atoms with E-state index >= 15 is 0 Å². The number of ether oxygens (including phenoxy) is 1. The van der Waals surface area contributed by atoms with Gasteiger partial charge in [0.1, 0.15) is 4.34 Å². The SMILES string of the molecule is COC(=O)CNCc1cc(Br)c(Cl)s1. The Hall–Kier alpha value is -0.100. The van der Waals surface area contributed by atoms with Gasteiger partial charge in [-0.3, -0.25) is 4.79 Å². The van der Waals surface area contributed by atoms with Crippen LogP contribution >= 0.6 is 38.9 Å². The minimum Gasteiger partial charge on any atom is -0.468 e. The Balaban J connectivity index is 2.35. The summed E-state index contributed by atoms with van der Waals surface area (Å²) < 4.78 is 6.09. The van der Waals surface area contributed by atoms with Gasteiger partial charge in [0.2, 0.25) is 0 Å². The van der Waals surface area contributed by atoms with Gasteiger partial charge in [0, 0.05) is 15.9 Å². The topological polar surface area (TPSA) is 38.3 Å². The lowest BCUT2D eigenvalue weighted by molar-refractivity contribution is -0.139. The molecule has 1 heterocycles. The Labute approximate surface area is 99.5 Å². The number of nitrogens with one attached hydrogen (secondary N) is 1. The van der Waals surface area contributed by atoms with Crippen molar-refractivity contribution in [3.05, 3.63) is 19.8 Å². The average molecular weight is 299 g/mol. The summed E-state index contributed by atoms with van der Waals surface area (Å²) >= 11 is 10.6. The zero-order chi connectivity index (χ0) is 10.6. The normalized spacial score (nSPS) is 10.2. The van der Waals surface area contributed by atoms with E-state index in [0.717, 1.165) is 13.7 Å². The average Bonchev–Trinajstić information content (AvgIpc) is 2.46. The largest absolute Gasteiger partial charge is 0.468 e. The predicted octanol–water partition coefficient (Wildman–Crippen LogP) is 2.43. The first-order chi connectivity index (χ1) is 6.63. The number of hydrogen-bond donors (Lipinski definition) is 1. The van der Waals surface area contributed by atoms with E-state index in [-0.39, 0.29) is 12.5 Å². The van der Waals surface area contributed by atoms with E-state index in [1.165, 1.54) is 18.4 Å². The van der Waals surface area contributed by atoms with Crippen LogP contribution in [0.15, 0.2) is 10.5 Å². The van der Waals surface area contributed by atoms with Crippen molar-refractivity contribution in [3.63, 3.8) is 0 Å². The maximum Gasteiger partial charge on any atom is 0.319 e. The Bertz CT molecular complexity index is 310. The van der Waals surface area contributed by atoms with Gasteiger partial charge in [-0.05, 0) is 22.0 Å². The molecular formula is C8H9BrClNO2S. The molecule has 78 valence electrons. The van der Waals surface area contributed by atoms with Gasteiger partial charge in [0.05, 0.1) is 13.7 Å². The fraction of sp³-hybridized carbons (Fsp3) is 0.375. The molecule has 0 unspecified atom stereocenters. The lowest BCUT2D eigenvalue weighted by Gasteiger charge is -2.00. The highest BCUT2D eigenvalue weighted by Gasteiger charge is 2.05. The number of hydrogen-bond acceptors (Lipinski definition) is 4. The first kappa shape index (κ1) is 12.0. The fourth-order valence-electron chi connectivity index (χ4n) is 0.838. The van der Waals surface area contributed by atoms with E-state index < -0.39 is 0 Å². The first-order valence-corrected chi connectivity index (χ1v) is 5.83. The number of rotatable bonds is 4. The minimum atomic E-state index is -0.272. The van der Waals surface area contributed by atoms with Crippen molar-refractivity contribution in [2.45, 2.75) is 6.54 Å². The zero-order valence-corrected chi connectivity index (χ0v) is 10.6. The predicted molar refractivity (Wildman–Crippen MR) is 60.8 cm³/mol. The maximum absolute atomic E-state index is 10.8. The molecule has 0 saturated heterocycles. The van der Waals surface area contributed by atoms with Crippen LogP contribution in [0.2, 0.25) is 4.34 Å². The molecule has 3 nitrogen and oxygen atoms in total. The molecule has 0 amide bonds. The van der Waals surface area contributed by atoms with Crippen LogP contribution < -0.4 is 5.32 Å². The molecular weight excluding hydrogens is 290 g/mol. The van der Waals surface area contributed by atoms with Crippen molar-refractivity contribution in [1.29, 1.82) is 0 Å². The third-order valence-corrected chi connectivity index (χ3v) is 3.97. The number of thiophene rings is 1. The standard InChI is InChI=1S/C8H9BrClNO2S/c1-13-7(12)4-11-3-5-2-6(9)8(10)14-5/h2,11H,3-4H2,1H3. The molecule has 0 atom stereocenters. The van der Waals surface area contributed by atoms with Gasteiger partial charge in [-0.25, -0.2) is 0 Å². The molecule has 1 N–H and O–H groups in total. The molecule has 14 heavy (non-hydrogen) atoms. The summed E-state index contributed by atoms with van der Waals surface area (Å²) in [6, 6.07) is 1.93. The van der Waals surface area contributed by atoms with Crippen LogP contribution in [0.4, 0.5) is 0 Å². The van der Waals surface area contributed by atoms with Gasteiger partial charge in [0.15, 0.2) is 0 Å². The van der Waals surface area contributed by atoms with Crippen molar-refractivity contribution in [2.75, 3.05) is 13.7 Å². The lowest BCUT2D eigenvalue weighted by atomic mass is 10.4. The molecule has 1 rings (SSSR count). The van der Waals surface area contributed by atoms with Crippen molar-refractivity contribution in [3.8, 4) is 0 Å². The van der Waals surface area contributed by atoms with Crippen LogP contribution in [0, 0.1) is 0 Å². The molecule has 0 aromatic carbocycles. The third kappa shape index (κ3) is 3.57. The Morgan fingerprint density at radius 3 is 3.00 bits per heavy atom. The van der Waals surface area contributed by atoms with Crippen molar-refractivity contribution < 1.29 is 9.53 Å². The summed E-state index contributed by atoms with van der Waals surface area (Å²) in [4.78, 5) is 11.8. The van der Waals surface area contributed by atoms with E-state index in [2.05, 4.69) is 26.0 Å². The van der Waals surface area contributed by atoms with E-state index in [9.17, 15) is 4.79 Å². The summed E-state index contributed by atoms with van der Waals surface area (Å²) in [7, 11) is 1.36. The maximum atomic E-state index is 10.8. The summed E-state index contributed by atoms with van der Waals surface area (Å²) in [5.41, 5.74) is 0. The molecule has 0 aliphatic heterocycles. The smallest absolute Gasteiger partial charge is 0.319 e. The van der Waals surface area contributed by atoms with Crippen molar-refractivity contribution in [1.82, 2.24) is 5.32 Å². The number of halogens is 2. The van der Waals surface area contributed by atoms with Crippen LogP contribution in [0.1, 0.15) is 4.88 Å². The monoisotopic (exact) mass is 297 g/mol. The van der Waals surface area contributed by atoms with Gasteiger partial charge >= 0.3 is 5.97 Å². The van der Waals surface area contributed by atoms with Crippen LogP contribution in [0.25, 0.3) is 0 Å². The van der Waals surface area contributed by atoms with Gasteiger partial charge < -0.3 is 10.1 Å². The van der Waals surface area contributed by atoms with E-state index in [4.69, 9.17) is 11.6 Å². The molecule has 0 radical (unpaired) electrons. The van der Waals surface area contributed by atoms with Crippen LogP contribution in [0.5, 0.6) is 0 Å². The van der Waals surface area contributed by atoms with Crippen LogP contribution in [-0.2, 0) is 16.1 Å². The van der Waals surface area contributed by atoms with E-state index in [1.54, 1.807) is 0 Å². The molecule has 1 aromatic heterocycles. The summed E-state index contributed by atoms with van der Waals surface area (Å²) in [6.07, 6.45) is 0. The second kappa shape index (κ2) is 5.70. The molecule has 6 heteroatoms. The molecule has 1 aromatic rings. The minimum absolute atomic E-state index is 0.212. The number of carbonyl (C=O) groups excluding carboxylic acids is 1. The summed E-state index contributed by atoms with van der Waals surface area (Å²) in [5, 5.41) is 2.95. The van der Waals surface area contributed by atoms with Gasteiger partial charge in [-0.2, -0.15) is 0 Å². The highest BCUT2D eigenvalue weighted by molar-refractivity contribution is 9.10. The molecule has 0 fully saturated rings. The number of methoxy groups -OCH3 is 1. The second-order valence-electron chi connectivity index (χ2n) is 2.51. The number of carbonyl (C=O) groups is 1.